The Kier molecular flexibility index (Phi) is 7.13. The van der Waals surface area contributed by atoms with Crippen LogP contribution in [0.25, 0.3) is 0 Å². The molecule has 2 aromatic heterocycles. The summed E-state index contributed by atoms with van der Waals surface area (Å²) >= 11 is 2.05. The van der Waals surface area contributed by atoms with Gasteiger partial charge in [0.1, 0.15) is 11.4 Å². The molecule has 2 aliphatic heterocycles. The number of anilines is 1. The van der Waals surface area contributed by atoms with E-state index in [-0.39, 0.29) is 29.0 Å². The van der Waals surface area contributed by atoms with Crippen molar-refractivity contribution in [3.63, 3.8) is 0 Å². The van der Waals surface area contributed by atoms with E-state index in [0.29, 0.717) is 5.57 Å². The molecule has 4 heterocycles. The lowest BCUT2D eigenvalue weighted by Gasteiger charge is -2.50. The summed E-state index contributed by atoms with van der Waals surface area (Å²) in [4.78, 5) is 59.4. The van der Waals surface area contributed by atoms with Gasteiger partial charge in [-0.15, -0.1) is 11.8 Å². The Morgan fingerprint density at radius 3 is 2.65 bits per heavy atom. The van der Waals surface area contributed by atoms with Crippen molar-refractivity contribution in [1.82, 2.24) is 19.6 Å². The van der Waals surface area contributed by atoms with Gasteiger partial charge < -0.3 is 30.9 Å². The van der Waals surface area contributed by atoms with Gasteiger partial charge in [0.15, 0.2) is 24.1 Å². The second kappa shape index (κ2) is 10.1. The van der Waals surface area contributed by atoms with E-state index in [1.54, 1.807) is 29.1 Å². The molecule has 1 fully saturated rings. The number of fused-ring (bicyclic) bond motifs is 1. The number of hydrogen-bond donors (Lipinski definition) is 3. The first-order valence-corrected chi connectivity index (χ1v) is 12.5. The summed E-state index contributed by atoms with van der Waals surface area (Å²) in [5.41, 5.74) is 3.58. The van der Waals surface area contributed by atoms with Gasteiger partial charge in [0, 0.05) is 35.0 Å². The summed E-state index contributed by atoms with van der Waals surface area (Å²) < 4.78 is 5.68. The second-order valence-electron chi connectivity index (χ2n) is 8.45. The third kappa shape index (κ3) is 5.24. The highest BCUT2D eigenvalue weighted by molar-refractivity contribution is 8.00. The molecule has 4 N–H and O–H groups in total. The summed E-state index contributed by atoms with van der Waals surface area (Å²) in [6, 6.07) is 4.32. The highest BCUT2D eigenvalue weighted by Crippen LogP contribution is 2.40. The Labute approximate surface area is 218 Å². The van der Waals surface area contributed by atoms with Gasteiger partial charge in [-0.25, -0.2) is 9.36 Å². The molecule has 0 spiro atoms. The first kappa shape index (κ1) is 26.0. The minimum absolute atomic E-state index is 0.0225. The number of thioether (sulfide) groups is 1. The zero-order valence-corrected chi connectivity index (χ0v) is 21.1. The van der Waals surface area contributed by atoms with Crippen LogP contribution in [0.3, 0.4) is 0 Å². The van der Waals surface area contributed by atoms with E-state index in [9.17, 15) is 29.4 Å². The Hall–Kier alpha value is -4.05. The summed E-state index contributed by atoms with van der Waals surface area (Å²) in [6.07, 6.45) is 3.54. The van der Waals surface area contributed by atoms with Crippen molar-refractivity contribution >= 4 is 57.9 Å². The molecular formula is C21H21N7O7S2. The molecule has 4 rings (SSSR count). The maximum Gasteiger partial charge on any atom is 0.350 e. The topological polar surface area (TPSA) is 204 Å². The summed E-state index contributed by atoms with van der Waals surface area (Å²) in [6.45, 7) is 2.69. The summed E-state index contributed by atoms with van der Waals surface area (Å²) in [7, 11) is 0. The molecule has 1 saturated heterocycles. The van der Waals surface area contributed by atoms with Crippen molar-refractivity contribution in [3.8, 4) is 0 Å². The normalized spacial score (nSPS) is 19.7. The highest BCUT2D eigenvalue weighted by Gasteiger charge is 2.53. The fourth-order valence-corrected chi connectivity index (χ4v) is 5.25. The van der Waals surface area contributed by atoms with Crippen molar-refractivity contribution in [1.29, 1.82) is 0 Å². The van der Waals surface area contributed by atoms with Crippen LogP contribution in [-0.4, -0.2) is 71.6 Å². The molecule has 0 bridgehead atoms. The molecule has 194 valence electrons. The van der Waals surface area contributed by atoms with Crippen LogP contribution in [0.15, 0.2) is 47.0 Å². The largest absolute Gasteiger partial charge is 0.543 e. The fraction of sp³-hybridized carbons (Fsp3) is 0.333. The van der Waals surface area contributed by atoms with E-state index < -0.39 is 46.5 Å². The van der Waals surface area contributed by atoms with Crippen LogP contribution in [0.2, 0.25) is 0 Å². The first-order chi connectivity index (χ1) is 17.5. The number of carbonyl (C=O) groups excluding carboxylic acids is 3. The number of carbonyl (C=O) groups is 4. The molecule has 0 saturated carbocycles. The molecular weight excluding hydrogens is 526 g/mol. The third-order valence-corrected chi connectivity index (χ3v) is 7.31. The van der Waals surface area contributed by atoms with Crippen LogP contribution in [0.1, 0.15) is 19.7 Å². The van der Waals surface area contributed by atoms with Gasteiger partial charge in [-0.1, -0.05) is 11.2 Å². The van der Waals surface area contributed by atoms with Crippen molar-refractivity contribution in [2.75, 3.05) is 11.5 Å². The van der Waals surface area contributed by atoms with Gasteiger partial charge in [0.05, 0.1) is 11.7 Å². The minimum atomic E-state index is -1.78. The minimum Gasteiger partial charge on any atom is -0.543 e. The summed E-state index contributed by atoms with van der Waals surface area (Å²) in [5, 5.41) is 26.7. The lowest BCUT2D eigenvalue weighted by molar-refractivity contribution is -0.689. The number of aliphatic carboxylic acids is 2. The van der Waals surface area contributed by atoms with Crippen LogP contribution >= 0.6 is 23.3 Å². The maximum absolute atomic E-state index is 13.1. The number of nitrogen functional groups attached to an aromatic ring is 1. The average Bonchev–Trinajstić information content (AvgIpc) is 3.28. The third-order valence-electron chi connectivity index (χ3n) is 5.43. The number of nitrogens with one attached hydrogen (secondary N) is 1. The monoisotopic (exact) mass is 547 g/mol. The van der Waals surface area contributed by atoms with E-state index in [1.165, 1.54) is 25.6 Å². The van der Waals surface area contributed by atoms with Gasteiger partial charge in [-0.3, -0.25) is 14.5 Å². The lowest BCUT2D eigenvalue weighted by atomic mass is 10.0. The predicted octanol–water partition coefficient (Wildman–Crippen LogP) is -1.90. The van der Waals surface area contributed by atoms with Crippen LogP contribution in [0, 0.1) is 0 Å². The number of rotatable bonds is 9. The van der Waals surface area contributed by atoms with E-state index in [0.717, 1.165) is 16.4 Å². The molecule has 0 radical (unpaired) electrons. The second-order valence-corrected chi connectivity index (χ2v) is 10.3. The van der Waals surface area contributed by atoms with Gasteiger partial charge in [0.25, 0.3) is 11.8 Å². The van der Waals surface area contributed by atoms with E-state index in [1.807, 2.05) is 6.07 Å². The molecule has 2 amide bonds. The number of pyridine rings is 1. The van der Waals surface area contributed by atoms with Crippen molar-refractivity contribution in [2.24, 2.45) is 5.16 Å². The van der Waals surface area contributed by atoms with Crippen LogP contribution < -0.4 is 20.7 Å². The number of β-lactam (4-membered cyclic amide) rings is 1. The maximum atomic E-state index is 13.1. The number of hydrogen-bond acceptors (Lipinski definition) is 12. The van der Waals surface area contributed by atoms with Crippen LogP contribution in [0.4, 0.5) is 5.13 Å². The molecule has 16 heteroatoms. The zero-order chi connectivity index (χ0) is 26.9. The fourth-order valence-electron chi connectivity index (χ4n) is 3.48. The quantitative estimate of drug-likeness (QED) is 0.137. The van der Waals surface area contributed by atoms with Crippen molar-refractivity contribution in [3.05, 3.63) is 47.7 Å². The molecule has 37 heavy (non-hydrogen) atoms. The van der Waals surface area contributed by atoms with E-state index in [4.69, 9.17) is 10.6 Å². The number of carboxylic acid groups (broad SMARTS) is 2. The van der Waals surface area contributed by atoms with Crippen LogP contribution in [0.5, 0.6) is 0 Å². The molecule has 0 aliphatic carbocycles. The number of carboxylic acids is 2. The molecule has 0 aromatic carbocycles. The van der Waals surface area contributed by atoms with Gasteiger partial charge in [-0.05, 0) is 13.8 Å². The SMILES string of the molecule is CC(C)(ON=C(C(=O)N[C@@H]1C(=O)N2C(C(=O)[O-])=C(C[n+]3ccccc3)CS[C@H]12)c1nsc(N)n1)C(=O)O. The number of nitrogens with zero attached hydrogens (tertiary/aromatic N) is 5. The number of amides is 2. The predicted molar refractivity (Wildman–Crippen MR) is 127 cm³/mol. The van der Waals surface area contributed by atoms with Crippen molar-refractivity contribution in [2.45, 2.75) is 37.4 Å². The van der Waals surface area contributed by atoms with Gasteiger partial charge in [-0.2, -0.15) is 9.36 Å². The summed E-state index contributed by atoms with van der Waals surface area (Å²) in [5.74, 6) is -4.36. The Balaban J connectivity index is 1.55. The van der Waals surface area contributed by atoms with E-state index >= 15 is 0 Å². The van der Waals surface area contributed by atoms with E-state index in [2.05, 4.69) is 19.8 Å². The molecule has 14 nitrogen and oxygen atoms in total. The smallest absolute Gasteiger partial charge is 0.350 e. The molecule has 0 unspecified atom stereocenters. The average molecular weight is 548 g/mol. The Morgan fingerprint density at radius 1 is 1.35 bits per heavy atom. The number of aromatic nitrogens is 3. The Morgan fingerprint density at radius 2 is 2.05 bits per heavy atom. The zero-order valence-electron chi connectivity index (χ0n) is 19.5. The molecule has 2 aromatic rings. The van der Waals surface area contributed by atoms with Gasteiger partial charge in [0.2, 0.25) is 17.1 Å². The standard InChI is InChI=1S/C21H21N7O7S2/c1-21(2,19(33)34)35-25-11(14-24-20(22)37-26-14)15(29)23-12-16(30)28-13(18(31)32)10(9-36-17(12)28)8-27-6-4-3-5-7-27/h3-7,12,17H,8-9H2,1-2H3,(H4-,22,23,24,26,29,31,32,33,34)/t12-,17-/m1/s1. The van der Waals surface area contributed by atoms with Crippen molar-refractivity contribution < 1.29 is 38.8 Å². The molecule has 2 aliphatic rings. The first-order valence-electron chi connectivity index (χ1n) is 10.7. The number of nitrogens with two attached hydrogens (primary N) is 1. The number of oxime groups is 1. The Bertz CT molecular complexity index is 1330. The van der Waals surface area contributed by atoms with Gasteiger partial charge >= 0.3 is 5.97 Å². The molecule has 2 atom stereocenters. The van der Waals surface area contributed by atoms with Crippen LogP contribution in [-0.2, 0) is 30.6 Å². The highest BCUT2D eigenvalue weighted by atomic mass is 32.2. The lowest BCUT2D eigenvalue weighted by Crippen LogP contribution is -2.71.